The molecule has 1 saturated heterocycles. The lowest BCUT2D eigenvalue weighted by Crippen LogP contribution is -2.32. The second-order valence-corrected chi connectivity index (χ2v) is 7.02. The van der Waals surface area contributed by atoms with Crippen LogP contribution in [0.25, 0.3) is 10.1 Å². The van der Waals surface area contributed by atoms with Crippen molar-refractivity contribution in [1.82, 2.24) is 5.32 Å². The summed E-state index contributed by atoms with van der Waals surface area (Å²) in [5.74, 6) is 0. The Morgan fingerprint density at radius 1 is 1.50 bits per heavy atom. The van der Waals surface area contributed by atoms with Crippen molar-refractivity contribution in [3.05, 3.63) is 33.6 Å². The summed E-state index contributed by atoms with van der Waals surface area (Å²) in [7, 11) is 0. The summed E-state index contributed by atoms with van der Waals surface area (Å²) >= 11 is 5.47. The van der Waals surface area contributed by atoms with E-state index in [1.807, 2.05) is 11.3 Å². The molecule has 1 N–H and O–H groups in total. The van der Waals surface area contributed by atoms with Crippen molar-refractivity contribution in [3.8, 4) is 0 Å². The van der Waals surface area contributed by atoms with Crippen LogP contribution in [0, 0.1) is 0 Å². The molecular weight excluding hydrogens is 334 g/mol. The van der Waals surface area contributed by atoms with Crippen LogP contribution in [0.4, 0.5) is 0 Å². The number of rotatable bonds is 5. The van der Waals surface area contributed by atoms with Gasteiger partial charge in [0.1, 0.15) is 0 Å². The molecule has 2 nitrogen and oxygen atoms in total. The van der Waals surface area contributed by atoms with Crippen LogP contribution in [0.2, 0.25) is 0 Å². The molecule has 2 unspecified atom stereocenters. The number of hydrogen-bond donors (Lipinski definition) is 1. The molecule has 1 aliphatic rings. The minimum absolute atomic E-state index is 0.318. The molecule has 4 heteroatoms. The number of nitrogens with one attached hydrogen (secondary N) is 1. The number of fused-ring (bicyclic) bond motifs is 1. The molecule has 0 aliphatic carbocycles. The molecule has 0 bridgehead atoms. The second kappa shape index (κ2) is 6.56. The largest absolute Gasteiger partial charge is 0.376 e. The van der Waals surface area contributed by atoms with Gasteiger partial charge in [0.15, 0.2) is 0 Å². The Balaban J connectivity index is 1.97. The van der Waals surface area contributed by atoms with Crippen LogP contribution in [-0.4, -0.2) is 19.3 Å². The maximum Gasteiger partial charge on any atom is 0.0771 e. The maximum atomic E-state index is 5.95. The topological polar surface area (TPSA) is 21.3 Å². The highest BCUT2D eigenvalue weighted by atomic mass is 79.9. The maximum absolute atomic E-state index is 5.95. The quantitative estimate of drug-likeness (QED) is 0.826. The normalized spacial score (nSPS) is 20.6. The van der Waals surface area contributed by atoms with E-state index in [1.165, 1.54) is 26.5 Å². The number of halogens is 1. The minimum Gasteiger partial charge on any atom is -0.376 e. The lowest BCUT2D eigenvalue weighted by atomic mass is 9.98. The van der Waals surface area contributed by atoms with Crippen molar-refractivity contribution in [2.75, 3.05) is 13.2 Å². The summed E-state index contributed by atoms with van der Waals surface area (Å²) < 4.78 is 8.47. The zero-order chi connectivity index (χ0) is 13.9. The molecule has 1 fully saturated rings. The Morgan fingerprint density at radius 3 is 3.15 bits per heavy atom. The van der Waals surface area contributed by atoms with Gasteiger partial charge >= 0.3 is 0 Å². The van der Waals surface area contributed by atoms with Gasteiger partial charge in [0.25, 0.3) is 0 Å². The highest BCUT2D eigenvalue weighted by molar-refractivity contribution is 9.10. The van der Waals surface area contributed by atoms with E-state index in [1.54, 1.807) is 0 Å². The molecule has 20 heavy (non-hydrogen) atoms. The monoisotopic (exact) mass is 353 g/mol. The zero-order valence-corrected chi connectivity index (χ0v) is 14.1. The standard InChI is InChI=1S/C16H20BrNOS/c1-2-8-18-15(14-7-4-9-19-14)12-10-20-16-11(12)5-3-6-13(16)17/h3,5-6,10,14-15,18H,2,4,7-9H2,1H3. The molecule has 1 aromatic carbocycles. The zero-order valence-electron chi connectivity index (χ0n) is 11.7. The third kappa shape index (κ3) is 2.80. The number of hydrogen-bond acceptors (Lipinski definition) is 3. The fourth-order valence-corrected chi connectivity index (χ4v) is 4.55. The van der Waals surface area contributed by atoms with Crippen molar-refractivity contribution in [2.45, 2.75) is 38.3 Å². The van der Waals surface area contributed by atoms with Gasteiger partial charge in [-0.3, -0.25) is 0 Å². The van der Waals surface area contributed by atoms with E-state index in [4.69, 9.17) is 4.74 Å². The van der Waals surface area contributed by atoms with Gasteiger partial charge in [0.05, 0.1) is 12.1 Å². The molecule has 2 atom stereocenters. The van der Waals surface area contributed by atoms with E-state index >= 15 is 0 Å². The lowest BCUT2D eigenvalue weighted by Gasteiger charge is -2.24. The van der Waals surface area contributed by atoms with Gasteiger partial charge in [-0.1, -0.05) is 19.1 Å². The van der Waals surface area contributed by atoms with Crippen molar-refractivity contribution >= 4 is 37.4 Å². The first kappa shape index (κ1) is 14.5. The first-order valence-corrected chi connectivity index (χ1v) is 8.99. The summed E-state index contributed by atoms with van der Waals surface area (Å²) in [4.78, 5) is 0. The van der Waals surface area contributed by atoms with Gasteiger partial charge in [-0.25, -0.2) is 0 Å². The second-order valence-electron chi connectivity index (χ2n) is 5.29. The molecule has 0 amide bonds. The van der Waals surface area contributed by atoms with Gasteiger partial charge in [0, 0.05) is 15.8 Å². The van der Waals surface area contributed by atoms with Crippen molar-refractivity contribution < 1.29 is 4.74 Å². The fourth-order valence-electron chi connectivity index (χ4n) is 2.89. The summed E-state index contributed by atoms with van der Waals surface area (Å²) in [6.07, 6.45) is 3.81. The molecular formula is C16H20BrNOS. The van der Waals surface area contributed by atoms with Gasteiger partial charge in [-0.05, 0) is 64.1 Å². The van der Waals surface area contributed by atoms with Gasteiger partial charge in [-0.2, -0.15) is 0 Å². The molecule has 0 spiro atoms. The molecule has 108 valence electrons. The average Bonchev–Trinajstić information content (AvgIpc) is 3.10. The van der Waals surface area contributed by atoms with Gasteiger partial charge < -0.3 is 10.1 Å². The summed E-state index contributed by atoms with van der Waals surface area (Å²) in [6.45, 7) is 4.15. The summed E-state index contributed by atoms with van der Waals surface area (Å²) in [6, 6.07) is 6.78. The molecule has 1 aliphatic heterocycles. The van der Waals surface area contributed by atoms with E-state index < -0.39 is 0 Å². The van der Waals surface area contributed by atoms with Crippen LogP contribution in [0.5, 0.6) is 0 Å². The van der Waals surface area contributed by atoms with Gasteiger partial charge in [0.2, 0.25) is 0 Å². The fraction of sp³-hybridized carbons (Fsp3) is 0.500. The molecule has 0 saturated carbocycles. The average molecular weight is 354 g/mol. The van der Waals surface area contributed by atoms with Crippen molar-refractivity contribution in [1.29, 1.82) is 0 Å². The highest BCUT2D eigenvalue weighted by Gasteiger charge is 2.28. The van der Waals surface area contributed by atoms with Crippen molar-refractivity contribution in [2.24, 2.45) is 0 Å². The summed E-state index contributed by atoms with van der Waals surface area (Å²) in [5, 5.41) is 7.34. The first-order chi connectivity index (χ1) is 9.81. The Hall–Kier alpha value is -0.420. The Bertz CT molecular complexity index is 577. The molecule has 0 radical (unpaired) electrons. The van der Waals surface area contributed by atoms with Crippen LogP contribution in [0.3, 0.4) is 0 Å². The lowest BCUT2D eigenvalue weighted by molar-refractivity contribution is 0.0788. The number of ether oxygens (including phenoxy) is 1. The van der Waals surface area contributed by atoms with E-state index in [0.29, 0.717) is 12.1 Å². The molecule has 1 aromatic heterocycles. The highest BCUT2D eigenvalue weighted by Crippen LogP contribution is 2.38. The van der Waals surface area contributed by atoms with E-state index in [0.717, 1.165) is 26.0 Å². The predicted molar refractivity (Wildman–Crippen MR) is 89.5 cm³/mol. The van der Waals surface area contributed by atoms with Crippen molar-refractivity contribution in [3.63, 3.8) is 0 Å². The van der Waals surface area contributed by atoms with Crippen LogP contribution < -0.4 is 5.32 Å². The molecule has 2 heterocycles. The Labute approximate surface area is 132 Å². The Morgan fingerprint density at radius 2 is 2.40 bits per heavy atom. The molecule has 2 aromatic rings. The van der Waals surface area contributed by atoms with E-state index in [2.05, 4.69) is 51.7 Å². The number of thiophene rings is 1. The van der Waals surface area contributed by atoms with Crippen LogP contribution in [-0.2, 0) is 4.74 Å². The molecule has 3 rings (SSSR count). The third-order valence-corrected chi connectivity index (χ3v) is 5.84. The SMILES string of the molecule is CCCNC(c1csc2c(Br)cccc12)C1CCCO1. The van der Waals surface area contributed by atoms with Crippen LogP contribution in [0.1, 0.15) is 37.8 Å². The first-order valence-electron chi connectivity index (χ1n) is 7.32. The van der Waals surface area contributed by atoms with E-state index in [9.17, 15) is 0 Å². The Kier molecular flexibility index (Phi) is 4.76. The van der Waals surface area contributed by atoms with Crippen LogP contribution >= 0.6 is 27.3 Å². The smallest absolute Gasteiger partial charge is 0.0771 e. The minimum atomic E-state index is 0.318. The predicted octanol–water partition coefficient (Wildman–Crippen LogP) is 4.88. The van der Waals surface area contributed by atoms with Crippen LogP contribution in [0.15, 0.2) is 28.1 Å². The number of benzene rings is 1. The van der Waals surface area contributed by atoms with E-state index in [-0.39, 0.29) is 0 Å². The summed E-state index contributed by atoms with van der Waals surface area (Å²) in [5.41, 5.74) is 1.40. The van der Waals surface area contributed by atoms with Gasteiger partial charge in [-0.15, -0.1) is 11.3 Å². The third-order valence-electron chi connectivity index (χ3n) is 3.87.